The Morgan fingerprint density at radius 2 is 1.50 bits per heavy atom. The Morgan fingerprint density at radius 1 is 0.875 bits per heavy atom. The van der Waals surface area contributed by atoms with E-state index in [0.717, 1.165) is 39.7 Å². The average Bonchev–Trinajstić information content (AvgIpc) is 3.06. The molecule has 4 rings (SSSR count). The lowest BCUT2D eigenvalue weighted by Gasteiger charge is -2.10. The topological polar surface area (TPSA) is 89.5 Å². The number of hydrogen-bond acceptors (Lipinski definition) is 4. The van der Waals surface area contributed by atoms with E-state index in [1.165, 1.54) is 12.1 Å². The van der Waals surface area contributed by atoms with Gasteiger partial charge in [0.25, 0.3) is 0 Å². The van der Waals surface area contributed by atoms with Crippen molar-refractivity contribution in [2.45, 2.75) is 18.7 Å². The van der Waals surface area contributed by atoms with Crippen molar-refractivity contribution in [1.29, 1.82) is 0 Å². The van der Waals surface area contributed by atoms with Crippen LogP contribution in [-0.4, -0.2) is 19.2 Å². The van der Waals surface area contributed by atoms with E-state index in [1.807, 2.05) is 74.7 Å². The second-order valence-electron chi connectivity index (χ2n) is 7.50. The number of nitrogens with zero attached hydrogens (tertiary/aromatic N) is 2. The molecule has 0 saturated carbocycles. The molecule has 0 aliphatic heterocycles. The molecule has 0 atom stereocenters. The van der Waals surface area contributed by atoms with E-state index in [-0.39, 0.29) is 4.90 Å². The number of anilines is 2. The predicted octanol–water partition coefficient (Wildman–Crippen LogP) is 5.24. The molecule has 162 valence electrons. The van der Waals surface area contributed by atoms with Crippen LogP contribution >= 0.6 is 0 Å². The molecule has 32 heavy (non-hydrogen) atoms. The van der Waals surface area contributed by atoms with E-state index in [0.29, 0.717) is 0 Å². The molecule has 0 saturated heterocycles. The molecular weight excluding hydrogens is 420 g/mol. The minimum atomic E-state index is -3.71. The summed E-state index contributed by atoms with van der Waals surface area (Å²) in [6, 6.07) is 26.5. The van der Waals surface area contributed by atoms with E-state index in [4.69, 9.17) is 5.14 Å². The highest BCUT2D eigenvalue weighted by molar-refractivity contribution is 7.89. The molecule has 1 aromatic heterocycles. The SMILES string of the molecule is Cc1cc(C=Nc2ccc(Nc3ccccc3)cc2)c(C)n1-c1ccc(S(N)(=O)=O)cc1. The van der Waals surface area contributed by atoms with Gasteiger partial charge in [-0.15, -0.1) is 0 Å². The molecule has 0 fully saturated rings. The smallest absolute Gasteiger partial charge is 0.238 e. The van der Waals surface area contributed by atoms with Gasteiger partial charge >= 0.3 is 0 Å². The Labute approximate surface area is 188 Å². The molecular formula is C25H24N4O2S. The summed E-state index contributed by atoms with van der Waals surface area (Å²) in [6.45, 7) is 4.01. The number of nitrogens with one attached hydrogen (secondary N) is 1. The number of aliphatic imine (C=N–C) groups is 1. The number of benzene rings is 3. The van der Waals surface area contributed by atoms with Crippen molar-refractivity contribution in [1.82, 2.24) is 4.57 Å². The molecule has 3 N–H and O–H groups in total. The first-order valence-corrected chi connectivity index (χ1v) is 11.6. The third-order valence-corrected chi connectivity index (χ3v) is 6.11. The first-order valence-electron chi connectivity index (χ1n) is 10.1. The molecule has 1 heterocycles. The second-order valence-corrected chi connectivity index (χ2v) is 9.06. The zero-order valence-corrected chi connectivity index (χ0v) is 18.7. The summed E-state index contributed by atoms with van der Waals surface area (Å²) in [6.07, 6.45) is 1.84. The number of primary sulfonamides is 1. The fraction of sp³-hybridized carbons (Fsp3) is 0.0800. The highest BCUT2D eigenvalue weighted by Crippen LogP contribution is 2.23. The molecule has 0 aliphatic carbocycles. The number of para-hydroxylation sites is 1. The van der Waals surface area contributed by atoms with Crippen LogP contribution in [0.25, 0.3) is 5.69 Å². The van der Waals surface area contributed by atoms with E-state index in [2.05, 4.69) is 20.9 Å². The van der Waals surface area contributed by atoms with Crippen molar-refractivity contribution in [2.24, 2.45) is 10.1 Å². The maximum absolute atomic E-state index is 11.5. The lowest BCUT2D eigenvalue weighted by Crippen LogP contribution is -2.12. The molecule has 0 bridgehead atoms. The number of aromatic nitrogens is 1. The number of hydrogen-bond donors (Lipinski definition) is 2. The lowest BCUT2D eigenvalue weighted by molar-refractivity contribution is 0.598. The predicted molar refractivity (Wildman–Crippen MR) is 130 cm³/mol. The van der Waals surface area contributed by atoms with Gasteiger partial charge in [-0.25, -0.2) is 13.6 Å². The standard InChI is InChI=1S/C25H24N4O2S/c1-18-16-20(19(2)29(18)24-12-14-25(15-13-24)32(26,30)31)17-27-21-8-10-23(11-9-21)28-22-6-4-3-5-7-22/h3-17,28H,1-2H3,(H2,26,30,31). The van der Waals surface area contributed by atoms with E-state index >= 15 is 0 Å². The summed E-state index contributed by atoms with van der Waals surface area (Å²) < 4.78 is 25.1. The van der Waals surface area contributed by atoms with Gasteiger partial charge in [-0.3, -0.25) is 4.99 Å². The number of sulfonamides is 1. The van der Waals surface area contributed by atoms with E-state index in [9.17, 15) is 8.42 Å². The van der Waals surface area contributed by atoms with Crippen LogP contribution in [0.2, 0.25) is 0 Å². The molecule has 0 radical (unpaired) electrons. The molecule has 4 aromatic rings. The van der Waals surface area contributed by atoms with Gasteiger partial charge in [0.15, 0.2) is 0 Å². The summed E-state index contributed by atoms with van der Waals surface area (Å²) in [5.41, 5.74) is 6.77. The van der Waals surface area contributed by atoms with Crippen molar-refractivity contribution in [3.8, 4) is 5.69 Å². The Kier molecular flexibility index (Phi) is 5.94. The van der Waals surface area contributed by atoms with Gasteiger partial charge in [0.05, 0.1) is 10.6 Å². The van der Waals surface area contributed by atoms with Crippen LogP contribution in [0.4, 0.5) is 17.1 Å². The third kappa shape index (κ3) is 4.80. The Bertz CT molecular complexity index is 1360. The molecule has 0 amide bonds. The van der Waals surface area contributed by atoms with Crippen molar-refractivity contribution in [2.75, 3.05) is 5.32 Å². The van der Waals surface area contributed by atoms with Gasteiger partial charge in [0.1, 0.15) is 0 Å². The Balaban J connectivity index is 1.53. The molecule has 0 unspecified atom stereocenters. The highest BCUT2D eigenvalue weighted by Gasteiger charge is 2.12. The van der Waals surface area contributed by atoms with Crippen molar-refractivity contribution in [3.63, 3.8) is 0 Å². The lowest BCUT2D eigenvalue weighted by atomic mass is 10.2. The monoisotopic (exact) mass is 444 g/mol. The minimum absolute atomic E-state index is 0.0932. The second kappa shape index (κ2) is 8.82. The van der Waals surface area contributed by atoms with Crippen LogP contribution in [0, 0.1) is 13.8 Å². The number of rotatable bonds is 6. The summed E-state index contributed by atoms with van der Waals surface area (Å²) in [4.78, 5) is 4.71. The van der Waals surface area contributed by atoms with Gasteiger partial charge in [-0.1, -0.05) is 18.2 Å². The molecule has 0 aliphatic rings. The molecule has 7 heteroatoms. The Hall–Kier alpha value is -3.68. The summed E-state index contributed by atoms with van der Waals surface area (Å²) in [7, 11) is -3.71. The van der Waals surface area contributed by atoms with Gasteiger partial charge in [0, 0.05) is 40.2 Å². The largest absolute Gasteiger partial charge is 0.356 e. The zero-order chi connectivity index (χ0) is 22.7. The molecule has 6 nitrogen and oxygen atoms in total. The van der Waals surface area contributed by atoms with E-state index in [1.54, 1.807) is 12.1 Å². The maximum atomic E-state index is 11.5. The highest BCUT2D eigenvalue weighted by atomic mass is 32.2. The fourth-order valence-electron chi connectivity index (χ4n) is 3.56. The van der Waals surface area contributed by atoms with Crippen LogP contribution in [0.15, 0.2) is 94.8 Å². The summed E-state index contributed by atoms with van der Waals surface area (Å²) in [5.74, 6) is 0. The van der Waals surface area contributed by atoms with Crippen molar-refractivity contribution < 1.29 is 8.42 Å². The first-order chi connectivity index (χ1) is 15.3. The molecule has 0 spiro atoms. The average molecular weight is 445 g/mol. The third-order valence-electron chi connectivity index (χ3n) is 5.18. The maximum Gasteiger partial charge on any atom is 0.238 e. The first kappa shape index (κ1) is 21.5. The van der Waals surface area contributed by atoms with Gasteiger partial charge < -0.3 is 9.88 Å². The fourth-order valence-corrected chi connectivity index (χ4v) is 4.08. The van der Waals surface area contributed by atoms with Crippen LogP contribution in [0.3, 0.4) is 0 Å². The number of nitrogens with two attached hydrogens (primary N) is 1. The quantitative estimate of drug-likeness (QED) is 0.399. The van der Waals surface area contributed by atoms with Crippen LogP contribution in [0.5, 0.6) is 0 Å². The summed E-state index contributed by atoms with van der Waals surface area (Å²) >= 11 is 0. The van der Waals surface area contributed by atoms with Gasteiger partial charge in [-0.05, 0) is 80.6 Å². The van der Waals surface area contributed by atoms with Gasteiger partial charge in [-0.2, -0.15) is 0 Å². The molecule has 3 aromatic carbocycles. The summed E-state index contributed by atoms with van der Waals surface area (Å²) in [5, 5.41) is 8.55. The Morgan fingerprint density at radius 3 is 2.12 bits per heavy atom. The van der Waals surface area contributed by atoms with Crippen molar-refractivity contribution >= 4 is 33.3 Å². The van der Waals surface area contributed by atoms with E-state index < -0.39 is 10.0 Å². The van der Waals surface area contributed by atoms with Gasteiger partial charge in [0.2, 0.25) is 10.0 Å². The minimum Gasteiger partial charge on any atom is -0.356 e. The zero-order valence-electron chi connectivity index (χ0n) is 17.9. The normalized spacial score (nSPS) is 11.7. The van der Waals surface area contributed by atoms with Crippen LogP contribution in [-0.2, 0) is 10.0 Å². The van der Waals surface area contributed by atoms with Crippen LogP contribution in [0.1, 0.15) is 17.0 Å². The van der Waals surface area contributed by atoms with Crippen molar-refractivity contribution in [3.05, 3.63) is 102 Å². The van der Waals surface area contributed by atoms with Crippen LogP contribution < -0.4 is 10.5 Å². The number of aryl methyl sites for hydroxylation is 1.